The van der Waals surface area contributed by atoms with E-state index in [2.05, 4.69) is 37.4 Å². The fourth-order valence-corrected chi connectivity index (χ4v) is 7.64. The van der Waals surface area contributed by atoms with E-state index in [0.29, 0.717) is 25.0 Å². The van der Waals surface area contributed by atoms with Crippen molar-refractivity contribution in [3.8, 4) is 0 Å². The summed E-state index contributed by atoms with van der Waals surface area (Å²) >= 11 is 0. The highest BCUT2D eigenvalue weighted by molar-refractivity contribution is 7.47. The molecule has 1 aliphatic rings. The number of hydrogen-bond acceptors (Lipinski definition) is 11. The minimum Gasteiger partial charge on any atom is -0.462 e. The molecule has 4 N–H and O–H groups in total. The Morgan fingerprint density at radius 2 is 1.17 bits per heavy atom. The van der Waals surface area contributed by atoms with E-state index in [0.717, 1.165) is 70.1 Å². The molecule has 5 atom stereocenters. The number of aliphatic hydroxyl groups excluding tert-OH is 1. The summed E-state index contributed by atoms with van der Waals surface area (Å²) in [5.41, 5.74) is 0. The van der Waals surface area contributed by atoms with Crippen LogP contribution in [0.25, 0.3) is 0 Å². The van der Waals surface area contributed by atoms with Gasteiger partial charge in [-0.3, -0.25) is 23.2 Å². The third kappa shape index (κ3) is 35.6. The van der Waals surface area contributed by atoms with E-state index in [1.165, 1.54) is 77.0 Å². The molecule has 1 saturated heterocycles. The van der Waals surface area contributed by atoms with Crippen LogP contribution in [0.15, 0.2) is 12.2 Å². The predicted molar refractivity (Wildman–Crippen MR) is 225 cm³/mol. The zero-order valence-corrected chi connectivity index (χ0v) is 37.8. The summed E-state index contributed by atoms with van der Waals surface area (Å²) in [4.78, 5) is 52.8. The van der Waals surface area contributed by atoms with Gasteiger partial charge in [-0.15, -0.1) is 0 Å². The standard InChI is InChI=1S/C42H80O14P2/c1-4-5-6-7-18-23-28-39-40(56-39)29-24-19-16-21-26-31-42(45)55-38(35-54-58(49,50)53-33-37(43)32-52-57(46,47)48)34-51-41(44)30-25-20-15-13-11-9-8-10-12-14-17-22-27-36(2)3/h18,23,36-40,43H,4-17,19-22,24-35H2,1-3H3,(H,49,50)(H2,46,47,48)/b23-18-/t37-,38+,39?,40?/m0/s1. The molecule has 1 aliphatic heterocycles. The van der Waals surface area contributed by atoms with Crippen LogP contribution in [0.4, 0.5) is 0 Å². The van der Waals surface area contributed by atoms with Crippen molar-refractivity contribution in [2.75, 3.05) is 26.4 Å². The second-order valence-electron chi connectivity index (χ2n) is 16.2. The number of ether oxygens (including phenoxy) is 3. The van der Waals surface area contributed by atoms with Crippen molar-refractivity contribution in [2.45, 2.75) is 212 Å². The number of aliphatic hydroxyl groups is 1. The van der Waals surface area contributed by atoms with Crippen LogP contribution in [0.5, 0.6) is 0 Å². The number of rotatable bonds is 41. The van der Waals surface area contributed by atoms with Crippen molar-refractivity contribution in [1.29, 1.82) is 0 Å². The number of phosphoric acid groups is 2. The predicted octanol–water partition coefficient (Wildman–Crippen LogP) is 10.2. The molecule has 0 aromatic heterocycles. The number of carbonyl (C=O) groups excluding carboxylic acids is 2. The molecular formula is C42H80O14P2. The number of carbonyl (C=O) groups is 2. The summed E-state index contributed by atoms with van der Waals surface area (Å²) in [6.45, 7) is 4.04. The average molecular weight is 871 g/mol. The fraction of sp³-hybridized carbons (Fsp3) is 0.905. The Balaban J connectivity index is 2.35. The summed E-state index contributed by atoms with van der Waals surface area (Å²) in [6, 6.07) is 0. The molecule has 1 rings (SSSR count). The summed E-state index contributed by atoms with van der Waals surface area (Å²) < 4.78 is 53.6. The van der Waals surface area contributed by atoms with E-state index in [9.17, 15) is 28.7 Å². The first-order valence-electron chi connectivity index (χ1n) is 22.4. The molecule has 1 heterocycles. The van der Waals surface area contributed by atoms with E-state index in [1.54, 1.807) is 0 Å². The molecule has 342 valence electrons. The van der Waals surface area contributed by atoms with E-state index in [4.69, 9.17) is 33.0 Å². The largest absolute Gasteiger partial charge is 0.472 e. The van der Waals surface area contributed by atoms with Crippen molar-refractivity contribution in [1.82, 2.24) is 0 Å². The zero-order valence-electron chi connectivity index (χ0n) is 36.0. The van der Waals surface area contributed by atoms with Gasteiger partial charge in [0.05, 0.1) is 32.0 Å². The van der Waals surface area contributed by atoms with Crippen LogP contribution in [0.1, 0.15) is 188 Å². The second kappa shape index (κ2) is 34.4. The Morgan fingerprint density at radius 3 is 1.76 bits per heavy atom. The topological polar surface area (TPSA) is 208 Å². The first-order valence-corrected chi connectivity index (χ1v) is 25.4. The van der Waals surface area contributed by atoms with Gasteiger partial charge >= 0.3 is 27.6 Å². The van der Waals surface area contributed by atoms with Crippen LogP contribution in [0.2, 0.25) is 0 Å². The van der Waals surface area contributed by atoms with Gasteiger partial charge in [-0.05, 0) is 44.4 Å². The van der Waals surface area contributed by atoms with Gasteiger partial charge in [0.25, 0.3) is 0 Å². The molecule has 0 aromatic carbocycles. The number of hydrogen-bond donors (Lipinski definition) is 4. The number of allylic oxidation sites excluding steroid dienone is 1. The van der Waals surface area contributed by atoms with E-state index in [1.807, 2.05) is 0 Å². The second-order valence-corrected chi connectivity index (χ2v) is 18.9. The van der Waals surface area contributed by atoms with Gasteiger partial charge in [0.2, 0.25) is 0 Å². The first-order chi connectivity index (χ1) is 27.7. The Morgan fingerprint density at radius 1 is 0.638 bits per heavy atom. The highest BCUT2D eigenvalue weighted by Gasteiger charge is 2.36. The Hall–Kier alpha value is -1.18. The number of phosphoric ester groups is 2. The van der Waals surface area contributed by atoms with Crippen LogP contribution in [0.3, 0.4) is 0 Å². The van der Waals surface area contributed by atoms with Gasteiger partial charge in [-0.25, -0.2) is 9.13 Å². The molecule has 58 heavy (non-hydrogen) atoms. The lowest BCUT2D eigenvalue weighted by Gasteiger charge is -2.20. The Kier molecular flexibility index (Phi) is 32.5. The lowest BCUT2D eigenvalue weighted by atomic mass is 10.0. The van der Waals surface area contributed by atoms with Crippen LogP contribution >= 0.6 is 15.6 Å². The van der Waals surface area contributed by atoms with Crippen LogP contribution in [-0.4, -0.2) is 82.6 Å². The highest BCUT2D eigenvalue weighted by atomic mass is 31.2. The molecule has 16 heteroatoms. The summed E-state index contributed by atoms with van der Waals surface area (Å²) in [6.07, 6.45) is 29.4. The lowest BCUT2D eigenvalue weighted by Crippen LogP contribution is -2.30. The van der Waals surface area contributed by atoms with E-state index < -0.39 is 59.6 Å². The maximum atomic E-state index is 12.7. The molecule has 1 fully saturated rings. The van der Waals surface area contributed by atoms with Crippen LogP contribution in [0, 0.1) is 5.92 Å². The van der Waals surface area contributed by atoms with Gasteiger partial charge in [0, 0.05) is 12.8 Å². The molecular weight excluding hydrogens is 790 g/mol. The summed E-state index contributed by atoms with van der Waals surface area (Å²) in [7, 11) is -9.68. The molecule has 0 aliphatic carbocycles. The van der Waals surface area contributed by atoms with Gasteiger partial charge < -0.3 is 34.0 Å². The average Bonchev–Trinajstić information content (AvgIpc) is 3.92. The van der Waals surface area contributed by atoms with Crippen molar-refractivity contribution in [3.63, 3.8) is 0 Å². The molecule has 14 nitrogen and oxygen atoms in total. The fourth-order valence-electron chi connectivity index (χ4n) is 6.48. The van der Waals surface area contributed by atoms with Gasteiger partial charge in [0.15, 0.2) is 6.10 Å². The normalized spacial score (nSPS) is 17.7. The Labute approximate surface area is 349 Å². The minimum absolute atomic E-state index is 0.111. The molecule has 0 aromatic rings. The first kappa shape index (κ1) is 54.8. The lowest BCUT2D eigenvalue weighted by molar-refractivity contribution is -0.161. The van der Waals surface area contributed by atoms with Crippen molar-refractivity contribution in [3.05, 3.63) is 12.2 Å². The van der Waals surface area contributed by atoms with Crippen molar-refractivity contribution < 1.29 is 66.3 Å². The number of esters is 2. The monoisotopic (exact) mass is 871 g/mol. The number of epoxide rings is 1. The van der Waals surface area contributed by atoms with Gasteiger partial charge in [0.1, 0.15) is 12.7 Å². The molecule has 0 radical (unpaired) electrons. The van der Waals surface area contributed by atoms with E-state index in [-0.39, 0.29) is 19.4 Å². The third-order valence-corrected chi connectivity index (χ3v) is 11.4. The highest BCUT2D eigenvalue weighted by Crippen LogP contribution is 2.44. The van der Waals surface area contributed by atoms with Gasteiger partial charge in [-0.1, -0.05) is 148 Å². The van der Waals surface area contributed by atoms with Crippen molar-refractivity contribution >= 4 is 27.6 Å². The quantitative estimate of drug-likeness (QED) is 0.0148. The summed E-state index contributed by atoms with van der Waals surface area (Å²) in [5, 5.41) is 9.75. The third-order valence-electron chi connectivity index (χ3n) is 10.00. The molecule has 3 unspecified atom stereocenters. The van der Waals surface area contributed by atoms with E-state index >= 15 is 0 Å². The summed E-state index contributed by atoms with van der Waals surface area (Å²) in [5.74, 6) is -0.252. The molecule has 0 saturated carbocycles. The minimum atomic E-state index is -4.86. The smallest absolute Gasteiger partial charge is 0.462 e. The number of unbranched alkanes of at least 4 members (excludes halogenated alkanes) is 18. The molecule has 0 spiro atoms. The van der Waals surface area contributed by atoms with Crippen molar-refractivity contribution in [2.24, 2.45) is 5.92 Å². The zero-order chi connectivity index (χ0) is 42.9. The van der Waals surface area contributed by atoms with Crippen LogP contribution < -0.4 is 0 Å². The van der Waals surface area contributed by atoms with Gasteiger partial charge in [-0.2, -0.15) is 0 Å². The Bertz CT molecular complexity index is 1160. The maximum absolute atomic E-state index is 12.7. The molecule has 0 amide bonds. The maximum Gasteiger partial charge on any atom is 0.472 e. The van der Waals surface area contributed by atoms with Crippen LogP contribution in [-0.2, 0) is 46.5 Å². The SMILES string of the molecule is CCCCC/C=C\CC1OC1CCCCCCCC(=O)O[C@H](COC(=O)CCCCCCCCCCCCCCC(C)C)COP(=O)(O)OC[C@@H](O)COP(=O)(O)O. The molecule has 0 bridgehead atoms.